The molecule has 3 rings (SSSR count). The van der Waals surface area contributed by atoms with Gasteiger partial charge >= 0.3 is 0 Å². The molecule has 5 nitrogen and oxygen atoms in total. The summed E-state index contributed by atoms with van der Waals surface area (Å²) < 4.78 is 0. The summed E-state index contributed by atoms with van der Waals surface area (Å²) in [4.78, 5) is 32.1. The summed E-state index contributed by atoms with van der Waals surface area (Å²) in [6.07, 6.45) is 5.70. The smallest absolute Gasteiger partial charge is 0.178 e. The topological polar surface area (TPSA) is 72.8 Å². The van der Waals surface area contributed by atoms with Gasteiger partial charge in [0.15, 0.2) is 12.1 Å². The zero-order valence-corrected chi connectivity index (χ0v) is 19.7. The Morgan fingerprint density at radius 1 is 0.700 bits per heavy atom. The lowest BCUT2D eigenvalue weighted by atomic mass is 10.3. The number of carbonyl (C=O) groups is 2. The summed E-state index contributed by atoms with van der Waals surface area (Å²) in [5.41, 5.74) is 2.08. The van der Waals surface area contributed by atoms with Crippen molar-refractivity contribution in [2.24, 2.45) is 0 Å². The molecular weight excluding hydrogens is 374 g/mol. The van der Waals surface area contributed by atoms with E-state index in [2.05, 4.69) is 15.0 Å². The number of ketones is 1. The average molecular weight is 412 g/mol. The summed E-state index contributed by atoms with van der Waals surface area (Å²) >= 11 is 0. The molecular formula is C25H37N3O2. The number of hydrogen-bond donors (Lipinski definition) is 0. The van der Waals surface area contributed by atoms with Gasteiger partial charge in [-0.2, -0.15) is 0 Å². The Morgan fingerprint density at radius 2 is 1.17 bits per heavy atom. The number of nitrogens with zero attached hydrogens (tertiary/aromatic N) is 3. The van der Waals surface area contributed by atoms with Crippen molar-refractivity contribution in [2.75, 3.05) is 0 Å². The van der Waals surface area contributed by atoms with Crippen LogP contribution in [0.25, 0.3) is 0 Å². The fourth-order valence-electron chi connectivity index (χ4n) is 1.46. The molecule has 0 saturated carbocycles. The molecule has 0 unspecified atom stereocenters. The first-order chi connectivity index (χ1) is 14.6. The van der Waals surface area contributed by atoms with Crippen LogP contribution >= 0.6 is 0 Å². The SMILES string of the molecule is CC.CC.CC.CC(=O)c1ccccn1.Cc1ccccn1.O=Cc1ccccn1. The van der Waals surface area contributed by atoms with E-state index >= 15 is 0 Å². The number of carbonyl (C=O) groups excluding carboxylic acids is 2. The van der Waals surface area contributed by atoms with E-state index in [1.54, 1.807) is 55.0 Å². The highest BCUT2D eigenvalue weighted by atomic mass is 16.1. The minimum absolute atomic E-state index is 0.00981. The number of pyridine rings is 3. The maximum Gasteiger partial charge on any atom is 0.178 e. The lowest BCUT2D eigenvalue weighted by molar-refractivity contribution is 0.101. The van der Waals surface area contributed by atoms with Crippen LogP contribution in [0.4, 0.5) is 0 Å². The van der Waals surface area contributed by atoms with Gasteiger partial charge in [-0.3, -0.25) is 24.5 Å². The summed E-state index contributed by atoms with van der Waals surface area (Å²) in [7, 11) is 0. The van der Waals surface area contributed by atoms with Gasteiger partial charge in [0.05, 0.1) is 0 Å². The molecule has 0 aliphatic heterocycles. The summed E-state index contributed by atoms with van der Waals surface area (Å²) in [5.74, 6) is 0.00981. The second-order valence-corrected chi connectivity index (χ2v) is 4.61. The van der Waals surface area contributed by atoms with Crippen LogP contribution in [0.1, 0.15) is 75.1 Å². The monoisotopic (exact) mass is 411 g/mol. The summed E-state index contributed by atoms with van der Waals surface area (Å²) in [5, 5.41) is 0. The van der Waals surface area contributed by atoms with Gasteiger partial charge in [0.2, 0.25) is 0 Å². The van der Waals surface area contributed by atoms with Crippen LogP contribution in [-0.2, 0) is 0 Å². The third-order valence-electron chi connectivity index (χ3n) is 2.65. The van der Waals surface area contributed by atoms with E-state index in [0.29, 0.717) is 11.4 Å². The quantitative estimate of drug-likeness (QED) is 0.349. The molecule has 0 aromatic carbocycles. The van der Waals surface area contributed by atoms with Gasteiger partial charge in [-0.05, 0) is 43.3 Å². The molecule has 0 radical (unpaired) electrons. The van der Waals surface area contributed by atoms with Crippen LogP contribution in [-0.4, -0.2) is 27.0 Å². The maximum atomic E-state index is 10.6. The van der Waals surface area contributed by atoms with Gasteiger partial charge in [-0.15, -0.1) is 0 Å². The maximum absolute atomic E-state index is 10.6. The molecule has 30 heavy (non-hydrogen) atoms. The second kappa shape index (κ2) is 25.8. The van der Waals surface area contributed by atoms with Gasteiger partial charge in [-0.1, -0.05) is 59.7 Å². The molecule has 0 aliphatic rings. The number of aromatic nitrogens is 3. The molecule has 0 N–H and O–H groups in total. The van der Waals surface area contributed by atoms with Crippen LogP contribution in [0.3, 0.4) is 0 Å². The highest BCUT2D eigenvalue weighted by molar-refractivity contribution is 5.91. The number of aldehydes is 1. The second-order valence-electron chi connectivity index (χ2n) is 4.61. The van der Waals surface area contributed by atoms with Gasteiger partial charge < -0.3 is 0 Å². The van der Waals surface area contributed by atoms with E-state index in [1.165, 1.54) is 6.92 Å². The average Bonchev–Trinajstić information content (AvgIpc) is 2.85. The third-order valence-corrected chi connectivity index (χ3v) is 2.65. The van der Waals surface area contributed by atoms with Gasteiger partial charge in [-0.25, -0.2) is 0 Å². The Kier molecular flexibility index (Phi) is 27.1. The normalized spacial score (nSPS) is 7.60. The third kappa shape index (κ3) is 19.5. The Morgan fingerprint density at radius 3 is 1.37 bits per heavy atom. The van der Waals surface area contributed by atoms with Gasteiger partial charge in [0, 0.05) is 31.2 Å². The first-order valence-electron chi connectivity index (χ1n) is 10.3. The van der Waals surface area contributed by atoms with Gasteiger partial charge in [0.25, 0.3) is 0 Å². The van der Waals surface area contributed by atoms with Gasteiger partial charge in [0.1, 0.15) is 11.4 Å². The largest absolute Gasteiger partial charge is 0.296 e. The van der Waals surface area contributed by atoms with Crippen molar-refractivity contribution in [2.45, 2.75) is 55.4 Å². The van der Waals surface area contributed by atoms with Crippen molar-refractivity contribution in [3.63, 3.8) is 0 Å². The highest BCUT2D eigenvalue weighted by Crippen LogP contribution is 1.92. The lowest BCUT2D eigenvalue weighted by Gasteiger charge is -1.88. The highest BCUT2D eigenvalue weighted by Gasteiger charge is 1.94. The zero-order valence-electron chi connectivity index (χ0n) is 19.7. The summed E-state index contributed by atoms with van der Waals surface area (Å²) in [6, 6.07) is 16.3. The Balaban J connectivity index is -0.000000325. The van der Waals surface area contributed by atoms with E-state index in [-0.39, 0.29) is 5.78 Å². The van der Waals surface area contributed by atoms with E-state index in [4.69, 9.17) is 0 Å². The fourth-order valence-corrected chi connectivity index (χ4v) is 1.46. The van der Waals surface area contributed by atoms with E-state index in [9.17, 15) is 9.59 Å². The molecule has 164 valence electrons. The molecule has 5 heteroatoms. The first-order valence-corrected chi connectivity index (χ1v) is 10.3. The molecule has 0 bridgehead atoms. The number of Topliss-reactive ketones (excluding diaryl/α,β-unsaturated/α-hetero) is 1. The van der Waals surface area contributed by atoms with Crippen molar-refractivity contribution in [1.82, 2.24) is 15.0 Å². The number of rotatable bonds is 2. The minimum Gasteiger partial charge on any atom is -0.296 e. The molecule has 0 atom stereocenters. The van der Waals surface area contributed by atoms with E-state index in [0.717, 1.165) is 12.0 Å². The van der Waals surface area contributed by atoms with Crippen LogP contribution in [0.5, 0.6) is 0 Å². The molecule has 0 fully saturated rings. The Hall–Kier alpha value is -3.21. The molecule has 3 aromatic heterocycles. The Bertz CT molecular complexity index is 719. The molecule has 0 saturated heterocycles. The fraction of sp³-hybridized carbons (Fsp3) is 0.320. The van der Waals surface area contributed by atoms with Crippen LogP contribution in [0.15, 0.2) is 73.2 Å². The minimum atomic E-state index is 0.00981. The van der Waals surface area contributed by atoms with Crippen LogP contribution in [0.2, 0.25) is 0 Å². The standard InChI is InChI=1S/C7H7NO.C6H5NO.C6H7N.3C2H6/c1-6(9)7-4-2-3-5-8-7;8-5-6-3-1-2-4-7-6;1-6-4-2-3-5-7-6;3*1-2/h2-5H,1H3;1-5H;2-5H,1H3;3*1-2H3. The predicted octanol–water partition coefficient (Wildman–Crippen LogP) is 6.65. The molecule has 0 spiro atoms. The van der Waals surface area contributed by atoms with Crippen molar-refractivity contribution >= 4 is 12.1 Å². The molecule has 3 heterocycles. The number of aryl methyl sites for hydroxylation is 1. The van der Waals surface area contributed by atoms with Crippen molar-refractivity contribution in [3.05, 3.63) is 90.3 Å². The van der Waals surface area contributed by atoms with Crippen LogP contribution < -0.4 is 0 Å². The summed E-state index contributed by atoms with van der Waals surface area (Å²) in [6.45, 7) is 15.5. The molecule has 3 aromatic rings. The molecule has 0 amide bonds. The predicted molar refractivity (Wildman–Crippen MR) is 127 cm³/mol. The number of hydrogen-bond acceptors (Lipinski definition) is 5. The van der Waals surface area contributed by atoms with E-state index in [1.807, 2.05) is 66.7 Å². The Labute approximate surface area is 182 Å². The van der Waals surface area contributed by atoms with E-state index < -0.39 is 0 Å². The zero-order chi connectivity index (χ0) is 23.6. The van der Waals surface area contributed by atoms with Crippen molar-refractivity contribution < 1.29 is 9.59 Å². The van der Waals surface area contributed by atoms with Crippen molar-refractivity contribution in [3.8, 4) is 0 Å². The van der Waals surface area contributed by atoms with Crippen molar-refractivity contribution in [1.29, 1.82) is 0 Å². The lowest BCUT2D eigenvalue weighted by Crippen LogP contribution is -1.93. The van der Waals surface area contributed by atoms with Crippen LogP contribution in [0, 0.1) is 6.92 Å². The molecule has 0 aliphatic carbocycles. The first kappa shape index (κ1) is 31.5.